The van der Waals surface area contributed by atoms with E-state index >= 15 is 0 Å². The van der Waals surface area contributed by atoms with E-state index in [0.29, 0.717) is 26.2 Å². The maximum Gasteiger partial charge on any atom is 0.246 e. The van der Waals surface area contributed by atoms with Crippen LogP contribution in [-0.4, -0.2) is 70.4 Å². The molecule has 1 saturated heterocycles. The Morgan fingerprint density at radius 2 is 1.72 bits per heavy atom. The molecule has 1 heterocycles. The predicted molar refractivity (Wildman–Crippen MR) is 122 cm³/mol. The lowest BCUT2D eigenvalue weighted by atomic mass is 10.0. The van der Waals surface area contributed by atoms with Crippen LogP contribution >= 0.6 is 0 Å². The summed E-state index contributed by atoms with van der Waals surface area (Å²) >= 11 is 0. The fourth-order valence-electron chi connectivity index (χ4n) is 3.66. The molecular weight excluding hydrogens is 433 g/mol. The summed E-state index contributed by atoms with van der Waals surface area (Å²) in [5.41, 5.74) is 1.77. The molecule has 0 bridgehead atoms. The third kappa shape index (κ3) is 5.21. The van der Waals surface area contributed by atoms with Gasteiger partial charge in [0.05, 0.1) is 13.7 Å². The summed E-state index contributed by atoms with van der Waals surface area (Å²) in [6, 6.07) is 11.4. The summed E-state index contributed by atoms with van der Waals surface area (Å²) < 4.78 is 45.9. The Morgan fingerprint density at radius 3 is 2.28 bits per heavy atom. The Kier molecular flexibility index (Phi) is 7.40. The molecule has 1 fully saturated rings. The minimum Gasteiger partial charge on any atom is -0.495 e. The number of piperazine rings is 1. The van der Waals surface area contributed by atoms with Crippen molar-refractivity contribution in [1.82, 2.24) is 9.21 Å². The average Bonchev–Trinajstić information content (AvgIpc) is 2.79. The van der Waals surface area contributed by atoms with Crippen molar-refractivity contribution < 1.29 is 22.3 Å². The highest BCUT2D eigenvalue weighted by molar-refractivity contribution is 7.89. The number of halogens is 1. The fourth-order valence-corrected chi connectivity index (χ4v) is 4.97. The van der Waals surface area contributed by atoms with E-state index in [-0.39, 0.29) is 34.8 Å². The first kappa shape index (κ1) is 24.0. The van der Waals surface area contributed by atoms with E-state index in [2.05, 4.69) is 4.90 Å². The lowest BCUT2D eigenvalue weighted by Gasteiger charge is -2.36. The van der Waals surface area contributed by atoms with Gasteiger partial charge in [0.15, 0.2) is 0 Å². The molecule has 0 N–H and O–H groups in total. The van der Waals surface area contributed by atoms with Crippen molar-refractivity contribution in [1.29, 1.82) is 0 Å². The summed E-state index contributed by atoms with van der Waals surface area (Å²) in [4.78, 5) is 16.6. The van der Waals surface area contributed by atoms with Crippen molar-refractivity contribution in [3.63, 3.8) is 0 Å². The van der Waals surface area contributed by atoms with E-state index in [1.807, 2.05) is 19.9 Å². The number of nitrogens with zero attached hydrogens (tertiary/aromatic N) is 3. The highest BCUT2D eigenvalue weighted by atomic mass is 32.2. The van der Waals surface area contributed by atoms with Crippen LogP contribution in [0.4, 0.5) is 10.1 Å². The topological polar surface area (TPSA) is 70.2 Å². The Morgan fingerprint density at radius 1 is 1.09 bits per heavy atom. The minimum atomic E-state index is -3.91. The van der Waals surface area contributed by atoms with Crippen LogP contribution in [0.5, 0.6) is 5.75 Å². The van der Waals surface area contributed by atoms with Crippen molar-refractivity contribution in [2.45, 2.75) is 24.7 Å². The minimum absolute atomic E-state index is 0.0580. The van der Waals surface area contributed by atoms with E-state index in [1.54, 1.807) is 29.2 Å². The van der Waals surface area contributed by atoms with Crippen molar-refractivity contribution in [3.05, 3.63) is 53.8 Å². The SMILES string of the molecule is COc1ccc(C(C)C)cc1S(=O)(=O)N(C)CC(=O)N1CCN(c2ccc(F)cc2)CC1. The number of carbonyl (C=O) groups is 1. The summed E-state index contributed by atoms with van der Waals surface area (Å²) in [6.07, 6.45) is 0. The number of likely N-dealkylation sites (N-methyl/N-ethyl adjacent to an activating group) is 1. The quantitative estimate of drug-likeness (QED) is 0.632. The van der Waals surface area contributed by atoms with Gasteiger partial charge in [0.25, 0.3) is 0 Å². The van der Waals surface area contributed by atoms with E-state index in [9.17, 15) is 17.6 Å². The first-order valence-electron chi connectivity index (χ1n) is 10.6. The molecule has 0 aromatic heterocycles. The molecule has 0 atom stereocenters. The fraction of sp³-hybridized carbons (Fsp3) is 0.435. The molecule has 1 amide bonds. The number of sulfonamides is 1. The average molecular weight is 464 g/mol. The molecule has 9 heteroatoms. The second-order valence-electron chi connectivity index (χ2n) is 8.17. The Hall–Kier alpha value is -2.65. The van der Waals surface area contributed by atoms with Gasteiger partial charge in [0.1, 0.15) is 16.5 Å². The summed E-state index contributed by atoms with van der Waals surface area (Å²) in [6.45, 7) is 5.84. The molecule has 32 heavy (non-hydrogen) atoms. The zero-order chi connectivity index (χ0) is 23.5. The maximum atomic E-state index is 13.2. The Bertz CT molecular complexity index is 1050. The van der Waals surface area contributed by atoms with Crippen LogP contribution in [0, 0.1) is 5.82 Å². The van der Waals surface area contributed by atoms with Gasteiger partial charge in [-0.3, -0.25) is 4.79 Å². The third-order valence-electron chi connectivity index (χ3n) is 5.72. The number of anilines is 1. The molecule has 1 aliphatic rings. The smallest absolute Gasteiger partial charge is 0.246 e. The number of carbonyl (C=O) groups excluding carboxylic acids is 1. The molecule has 0 radical (unpaired) electrons. The monoisotopic (exact) mass is 463 g/mol. The number of amides is 1. The molecule has 0 unspecified atom stereocenters. The zero-order valence-corrected chi connectivity index (χ0v) is 19.7. The largest absolute Gasteiger partial charge is 0.495 e. The molecule has 0 saturated carbocycles. The van der Waals surface area contributed by atoms with Crippen LogP contribution in [0.15, 0.2) is 47.4 Å². The Labute approximate surface area is 189 Å². The lowest BCUT2D eigenvalue weighted by Crippen LogP contribution is -2.51. The molecule has 3 rings (SSSR count). The number of hydrogen-bond acceptors (Lipinski definition) is 5. The van der Waals surface area contributed by atoms with Crippen LogP contribution < -0.4 is 9.64 Å². The van der Waals surface area contributed by atoms with Crippen LogP contribution in [0.25, 0.3) is 0 Å². The van der Waals surface area contributed by atoms with Gasteiger partial charge >= 0.3 is 0 Å². The zero-order valence-electron chi connectivity index (χ0n) is 18.9. The number of hydrogen-bond donors (Lipinski definition) is 0. The highest BCUT2D eigenvalue weighted by Crippen LogP contribution is 2.30. The molecule has 174 valence electrons. The van der Waals surface area contributed by atoms with Crippen LogP contribution in [-0.2, 0) is 14.8 Å². The van der Waals surface area contributed by atoms with Crippen LogP contribution in [0.1, 0.15) is 25.3 Å². The van der Waals surface area contributed by atoms with Crippen LogP contribution in [0.2, 0.25) is 0 Å². The van der Waals surface area contributed by atoms with Gasteiger partial charge < -0.3 is 14.5 Å². The first-order valence-corrected chi connectivity index (χ1v) is 12.0. The maximum absolute atomic E-state index is 13.2. The summed E-state index contributed by atoms with van der Waals surface area (Å²) in [5, 5.41) is 0. The second kappa shape index (κ2) is 9.87. The van der Waals surface area contributed by atoms with E-state index < -0.39 is 10.0 Å². The van der Waals surface area contributed by atoms with Crippen molar-refractivity contribution in [3.8, 4) is 5.75 Å². The van der Waals surface area contributed by atoms with Gasteiger partial charge in [-0.05, 0) is 47.9 Å². The summed E-state index contributed by atoms with van der Waals surface area (Å²) in [7, 11) is -1.08. The molecule has 0 aliphatic carbocycles. The Balaban J connectivity index is 1.66. The van der Waals surface area contributed by atoms with E-state index in [4.69, 9.17) is 4.74 Å². The number of methoxy groups -OCH3 is 1. The highest BCUT2D eigenvalue weighted by Gasteiger charge is 2.29. The first-order chi connectivity index (χ1) is 15.1. The molecule has 1 aliphatic heterocycles. The number of rotatable bonds is 7. The van der Waals surface area contributed by atoms with E-state index in [1.165, 1.54) is 26.3 Å². The van der Waals surface area contributed by atoms with Crippen molar-refractivity contribution >= 4 is 21.6 Å². The molecular formula is C23H30FN3O4S. The van der Waals surface area contributed by atoms with Crippen molar-refractivity contribution in [2.75, 3.05) is 51.8 Å². The van der Waals surface area contributed by atoms with Crippen LogP contribution in [0.3, 0.4) is 0 Å². The van der Waals surface area contributed by atoms with E-state index in [0.717, 1.165) is 15.6 Å². The molecule has 0 spiro atoms. The molecule has 2 aromatic rings. The summed E-state index contributed by atoms with van der Waals surface area (Å²) in [5.74, 6) is -0.142. The van der Waals surface area contributed by atoms with Gasteiger partial charge in [-0.15, -0.1) is 0 Å². The number of benzene rings is 2. The van der Waals surface area contributed by atoms with Gasteiger partial charge in [0, 0.05) is 38.9 Å². The second-order valence-corrected chi connectivity index (χ2v) is 10.2. The lowest BCUT2D eigenvalue weighted by molar-refractivity contribution is -0.131. The number of ether oxygens (including phenoxy) is 1. The third-order valence-corrected chi connectivity index (χ3v) is 7.55. The predicted octanol–water partition coefficient (Wildman–Crippen LogP) is 2.93. The van der Waals surface area contributed by atoms with Gasteiger partial charge in [-0.1, -0.05) is 19.9 Å². The van der Waals surface area contributed by atoms with Crippen molar-refractivity contribution in [2.24, 2.45) is 0 Å². The van der Waals surface area contributed by atoms with Gasteiger partial charge in [-0.2, -0.15) is 4.31 Å². The van der Waals surface area contributed by atoms with Gasteiger partial charge in [0.2, 0.25) is 15.9 Å². The normalized spacial score (nSPS) is 14.8. The standard InChI is InChI=1S/C23H30FN3O4S/c1-17(2)18-5-10-21(31-4)22(15-18)32(29,30)25(3)16-23(28)27-13-11-26(12-14-27)20-8-6-19(24)7-9-20/h5-10,15,17H,11-14,16H2,1-4H3. The molecule has 2 aromatic carbocycles. The van der Waals surface area contributed by atoms with Gasteiger partial charge in [-0.25, -0.2) is 12.8 Å². The molecule has 7 nitrogen and oxygen atoms in total.